The first-order valence-corrected chi connectivity index (χ1v) is 7.04. The molecule has 0 radical (unpaired) electrons. The van der Waals surface area contributed by atoms with Gasteiger partial charge in [0.1, 0.15) is 0 Å². The molecule has 1 aromatic heterocycles. The number of ether oxygens (including phenoxy) is 2. The maximum atomic E-state index is 5.62. The second kappa shape index (κ2) is 9.95. The molecule has 0 aliphatic carbocycles. The molecule has 19 heavy (non-hydrogen) atoms. The SMILES string of the molecule is CCCNC(CCc1ccnn1C)COCCOC. The molecule has 1 atom stereocenters. The van der Waals surface area contributed by atoms with Crippen molar-refractivity contribution in [3.8, 4) is 0 Å². The molecule has 1 aromatic rings. The predicted octanol–water partition coefficient (Wildman–Crippen LogP) is 1.38. The predicted molar refractivity (Wildman–Crippen MR) is 76.3 cm³/mol. The third-order valence-corrected chi connectivity index (χ3v) is 3.11. The lowest BCUT2D eigenvalue weighted by atomic mass is 10.1. The number of methoxy groups -OCH3 is 1. The van der Waals surface area contributed by atoms with Crippen molar-refractivity contribution in [1.82, 2.24) is 15.1 Å². The Morgan fingerprint density at radius 3 is 2.89 bits per heavy atom. The van der Waals surface area contributed by atoms with Crippen molar-refractivity contribution in [2.45, 2.75) is 32.2 Å². The molecular formula is C14H27N3O2. The van der Waals surface area contributed by atoms with E-state index in [0.717, 1.165) is 32.4 Å². The van der Waals surface area contributed by atoms with E-state index in [4.69, 9.17) is 9.47 Å². The lowest BCUT2D eigenvalue weighted by Gasteiger charge is -2.18. The van der Waals surface area contributed by atoms with Gasteiger partial charge in [-0.15, -0.1) is 0 Å². The minimum Gasteiger partial charge on any atom is -0.382 e. The summed E-state index contributed by atoms with van der Waals surface area (Å²) in [5.74, 6) is 0. The van der Waals surface area contributed by atoms with Crippen LogP contribution >= 0.6 is 0 Å². The van der Waals surface area contributed by atoms with Crippen LogP contribution in [0.5, 0.6) is 0 Å². The van der Waals surface area contributed by atoms with E-state index in [2.05, 4.69) is 23.4 Å². The zero-order chi connectivity index (χ0) is 13.9. The Kier molecular flexibility index (Phi) is 8.45. The van der Waals surface area contributed by atoms with E-state index in [0.29, 0.717) is 19.3 Å². The Labute approximate surface area is 116 Å². The molecular weight excluding hydrogens is 242 g/mol. The van der Waals surface area contributed by atoms with E-state index >= 15 is 0 Å². The van der Waals surface area contributed by atoms with E-state index in [1.54, 1.807) is 7.11 Å². The average Bonchev–Trinajstić information content (AvgIpc) is 2.82. The Balaban J connectivity index is 2.29. The van der Waals surface area contributed by atoms with E-state index in [1.807, 2.05) is 17.9 Å². The number of nitrogens with one attached hydrogen (secondary N) is 1. The Morgan fingerprint density at radius 1 is 1.42 bits per heavy atom. The summed E-state index contributed by atoms with van der Waals surface area (Å²) in [4.78, 5) is 0. The number of aryl methyl sites for hydroxylation is 2. The van der Waals surface area contributed by atoms with E-state index < -0.39 is 0 Å². The smallest absolute Gasteiger partial charge is 0.0701 e. The molecule has 0 saturated heterocycles. The fourth-order valence-corrected chi connectivity index (χ4v) is 1.93. The monoisotopic (exact) mass is 269 g/mol. The van der Waals surface area contributed by atoms with Crippen molar-refractivity contribution < 1.29 is 9.47 Å². The van der Waals surface area contributed by atoms with Gasteiger partial charge in [-0.25, -0.2) is 0 Å². The van der Waals surface area contributed by atoms with Crippen molar-refractivity contribution >= 4 is 0 Å². The summed E-state index contributed by atoms with van der Waals surface area (Å²) in [6, 6.07) is 2.47. The van der Waals surface area contributed by atoms with Crippen LogP contribution < -0.4 is 5.32 Å². The van der Waals surface area contributed by atoms with Crippen LogP contribution in [0.25, 0.3) is 0 Å². The largest absolute Gasteiger partial charge is 0.382 e. The lowest BCUT2D eigenvalue weighted by molar-refractivity contribution is 0.0575. The number of hydrogen-bond donors (Lipinski definition) is 1. The molecule has 0 spiro atoms. The molecule has 1 heterocycles. The lowest BCUT2D eigenvalue weighted by Crippen LogP contribution is -2.35. The minimum absolute atomic E-state index is 0.395. The van der Waals surface area contributed by atoms with Gasteiger partial charge in [-0.2, -0.15) is 5.10 Å². The van der Waals surface area contributed by atoms with Crippen LogP contribution in [-0.4, -0.2) is 49.3 Å². The maximum Gasteiger partial charge on any atom is 0.0701 e. The van der Waals surface area contributed by atoms with Gasteiger partial charge in [0, 0.05) is 32.1 Å². The highest BCUT2D eigenvalue weighted by Crippen LogP contribution is 2.04. The zero-order valence-corrected chi connectivity index (χ0v) is 12.4. The first-order valence-electron chi connectivity index (χ1n) is 7.04. The minimum atomic E-state index is 0.395. The molecule has 5 heteroatoms. The third kappa shape index (κ3) is 6.71. The standard InChI is InChI=1S/C14H27N3O2/c1-4-8-15-13(12-19-11-10-18-3)5-6-14-7-9-16-17(14)2/h7,9,13,15H,4-6,8,10-12H2,1-3H3. The number of rotatable bonds is 11. The quantitative estimate of drug-likeness (QED) is 0.617. The van der Waals surface area contributed by atoms with E-state index in [-0.39, 0.29) is 0 Å². The molecule has 1 rings (SSSR count). The first-order chi connectivity index (χ1) is 9.27. The summed E-state index contributed by atoms with van der Waals surface area (Å²) in [5, 5.41) is 7.72. The average molecular weight is 269 g/mol. The topological polar surface area (TPSA) is 48.3 Å². The van der Waals surface area contributed by atoms with Crippen molar-refractivity contribution in [2.24, 2.45) is 7.05 Å². The van der Waals surface area contributed by atoms with Crippen LogP contribution in [0.15, 0.2) is 12.3 Å². The van der Waals surface area contributed by atoms with Crippen LogP contribution in [0.4, 0.5) is 0 Å². The van der Waals surface area contributed by atoms with Gasteiger partial charge in [0.15, 0.2) is 0 Å². The highest BCUT2D eigenvalue weighted by Gasteiger charge is 2.09. The van der Waals surface area contributed by atoms with Gasteiger partial charge in [-0.05, 0) is 31.9 Å². The Morgan fingerprint density at radius 2 is 2.26 bits per heavy atom. The molecule has 0 aromatic carbocycles. The van der Waals surface area contributed by atoms with E-state index in [1.165, 1.54) is 5.69 Å². The molecule has 0 fully saturated rings. The Bertz CT molecular complexity index is 328. The molecule has 5 nitrogen and oxygen atoms in total. The van der Waals surface area contributed by atoms with Crippen molar-refractivity contribution in [3.63, 3.8) is 0 Å². The van der Waals surface area contributed by atoms with Crippen molar-refractivity contribution in [2.75, 3.05) is 33.5 Å². The molecule has 0 bridgehead atoms. The molecule has 1 unspecified atom stereocenters. The molecule has 110 valence electrons. The second-order valence-electron chi connectivity index (χ2n) is 4.70. The van der Waals surface area contributed by atoms with Crippen molar-refractivity contribution in [1.29, 1.82) is 0 Å². The fraction of sp³-hybridized carbons (Fsp3) is 0.786. The van der Waals surface area contributed by atoms with Gasteiger partial charge >= 0.3 is 0 Å². The third-order valence-electron chi connectivity index (χ3n) is 3.11. The molecule has 1 N–H and O–H groups in total. The van der Waals surface area contributed by atoms with Gasteiger partial charge in [-0.3, -0.25) is 4.68 Å². The summed E-state index contributed by atoms with van der Waals surface area (Å²) < 4.78 is 12.5. The summed E-state index contributed by atoms with van der Waals surface area (Å²) in [7, 11) is 3.68. The van der Waals surface area contributed by atoms with Gasteiger partial charge in [-0.1, -0.05) is 6.92 Å². The molecule has 0 aliphatic heterocycles. The van der Waals surface area contributed by atoms with Gasteiger partial charge < -0.3 is 14.8 Å². The fourth-order valence-electron chi connectivity index (χ4n) is 1.93. The summed E-state index contributed by atoms with van der Waals surface area (Å²) in [6.45, 7) is 5.26. The summed E-state index contributed by atoms with van der Waals surface area (Å²) >= 11 is 0. The van der Waals surface area contributed by atoms with Crippen LogP contribution in [0.2, 0.25) is 0 Å². The van der Waals surface area contributed by atoms with E-state index in [9.17, 15) is 0 Å². The van der Waals surface area contributed by atoms with Gasteiger partial charge in [0.05, 0.1) is 19.8 Å². The highest BCUT2D eigenvalue weighted by molar-refractivity contribution is 5.00. The number of aromatic nitrogens is 2. The van der Waals surface area contributed by atoms with Crippen LogP contribution in [0.3, 0.4) is 0 Å². The molecule has 0 amide bonds. The maximum absolute atomic E-state index is 5.62. The second-order valence-corrected chi connectivity index (χ2v) is 4.70. The highest BCUT2D eigenvalue weighted by atomic mass is 16.5. The molecule has 0 aliphatic rings. The first kappa shape index (κ1) is 16.1. The summed E-state index contributed by atoms with van der Waals surface area (Å²) in [5.41, 5.74) is 1.26. The zero-order valence-electron chi connectivity index (χ0n) is 12.4. The number of nitrogens with zero attached hydrogens (tertiary/aromatic N) is 2. The number of hydrogen-bond acceptors (Lipinski definition) is 4. The Hall–Kier alpha value is -0.910. The van der Waals surface area contributed by atoms with Crippen LogP contribution in [0.1, 0.15) is 25.5 Å². The van der Waals surface area contributed by atoms with Gasteiger partial charge in [0.25, 0.3) is 0 Å². The van der Waals surface area contributed by atoms with Crippen molar-refractivity contribution in [3.05, 3.63) is 18.0 Å². The molecule has 0 saturated carbocycles. The van der Waals surface area contributed by atoms with Crippen LogP contribution in [-0.2, 0) is 22.9 Å². The van der Waals surface area contributed by atoms with Gasteiger partial charge in [0.2, 0.25) is 0 Å². The normalized spacial score (nSPS) is 12.8. The summed E-state index contributed by atoms with van der Waals surface area (Å²) in [6.07, 6.45) is 5.07. The van der Waals surface area contributed by atoms with Crippen LogP contribution in [0, 0.1) is 0 Å².